The molecule has 2 aromatic rings. The normalized spacial score (nSPS) is 18.7. The number of benzene rings is 1. The quantitative estimate of drug-likeness (QED) is 0.863. The highest BCUT2D eigenvalue weighted by Gasteiger charge is 2.42. The standard InChI is InChI=1S/C20H22N2O3/c1-24-18-7-3-6-17(21-18)15-4-2-5-16(14-15)19(23)22-11-8-20(9-12-22)10-13-25-20/h2-7,14H,8-13H2,1H3. The predicted molar refractivity (Wildman–Crippen MR) is 94.7 cm³/mol. The van der Waals surface area contributed by atoms with Crippen molar-refractivity contribution in [1.82, 2.24) is 9.88 Å². The second kappa shape index (κ2) is 6.48. The van der Waals surface area contributed by atoms with Crippen LogP contribution in [0.5, 0.6) is 5.88 Å². The minimum absolute atomic E-state index is 0.0587. The fourth-order valence-electron chi connectivity index (χ4n) is 3.59. The maximum Gasteiger partial charge on any atom is 0.253 e. The molecule has 0 unspecified atom stereocenters. The van der Waals surface area contributed by atoms with Crippen molar-refractivity contribution in [2.75, 3.05) is 26.8 Å². The van der Waals surface area contributed by atoms with Crippen LogP contribution in [0.25, 0.3) is 11.3 Å². The minimum atomic E-state index is 0.0587. The molecular formula is C20H22N2O3. The molecule has 25 heavy (non-hydrogen) atoms. The maximum absolute atomic E-state index is 12.9. The molecule has 1 spiro atoms. The summed E-state index contributed by atoms with van der Waals surface area (Å²) in [6.45, 7) is 2.39. The van der Waals surface area contributed by atoms with Gasteiger partial charge in [-0.2, -0.15) is 0 Å². The van der Waals surface area contributed by atoms with E-state index in [9.17, 15) is 4.79 Å². The fourth-order valence-corrected chi connectivity index (χ4v) is 3.59. The third kappa shape index (κ3) is 3.12. The summed E-state index contributed by atoms with van der Waals surface area (Å²) in [7, 11) is 1.60. The average molecular weight is 338 g/mol. The summed E-state index contributed by atoms with van der Waals surface area (Å²) >= 11 is 0. The predicted octanol–water partition coefficient (Wildman–Crippen LogP) is 3.15. The van der Waals surface area contributed by atoms with Crippen LogP contribution in [0, 0.1) is 0 Å². The van der Waals surface area contributed by atoms with Crippen molar-refractivity contribution < 1.29 is 14.3 Å². The number of likely N-dealkylation sites (tertiary alicyclic amines) is 1. The summed E-state index contributed by atoms with van der Waals surface area (Å²) in [5, 5.41) is 0. The van der Waals surface area contributed by atoms with E-state index in [0.717, 1.165) is 50.2 Å². The summed E-state index contributed by atoms with van der Waals surface area (Å²) in [5.74, 6) is 0.648. The van der Waals surface area contributed by atoms with Gasteiger partial charge in [0.05, 0.1) is 25.0 Å². The van der Waals surface area contributed by atoms with Crippen molar-refractivity contribution in [2.45, 2.75) is 24.9 Å². The van der Waals surface area contributed by atoms with E-state index >= 15 is 0 Å². The van der Waals surface area contributed by atoms with E-state index in [2.05, 4.69) is 4.98 Å². The van der Waals surface area contributed by atoms with Crippen LogP contribution in [0.2, 0.25) is 0 Å². The van der Waals surface area contributed by atoms with E-state index < -0.39 is 0 Å². The summed E-state index contributed by atoms with van der Waals surface area (Å²) < 4.78 is 10.9. The van der Waals surface area contributed by atoms with Crippen LogP contribution in [-0.2, 0) is 4.74 Å². The van der Waals surface area contributed by atoms with Gasteiger partial charge in [-0.25, -0.2) is 4.98 Å². The molecule has 5 heteroatoms. The number of methoxy groups -OCH3 is 1. The SMILES string of the molecule is COc1cccc(-c2cccc(C(=O)N3CCC4(CCO4)CC3)c2)n1. The van der Waals surface area contributed by atoms with Crippen molar-refractivity contribution in [3.8, 4) is 17.1 Å². The molecule has 4 rings (SSSR count). The van der Waals surface area contributed by atoms with Gasteiger partial charge in [0.1, 0.15) is 0 Å². The van der Waals surface area contributed by atoms with Gasteiger partial charge in [0.25, 0.3) is 5.91 Å². The smallest absolute Gasteiger partial charge is 0.253 e. The third-order valence-electron chi connectivity index (χ3n) is 5.27. The molecule has 2 fully saturated rings. The lowest BCUT2D eigenvalue weighted by atomic mass is 9.84. The van der Waals surface area contributed by atoms with Gasteiger partial charge in [-0.3, -0.25) is 4.79 Å². The molecule has 0 bridgehead atoms. The van der Waals surface area contributed by atoms with Gasteiger partial charge in [0.2, 0.25) is 5.88 Å². The lowest BCUT2D eigenvalue weighted by molar-refractivity contribution is -0.169. The van der Waals surface area contributed by atoms with Gasteiger partial charge in [0.15, 0.2) is 0 Å². The van der Waals surface area contributed by atoms with E-state index in [0.29, 0.717) is 11.4 Å². The van der Waals surface area contributed by atoms with Gasteiger partial charge in [-0.1, -0.05) is 18.2 Å². The van der Waals surface area contributed by atoms with Crippen LogP contribution in [0.4, 0.5) is 0 Å². The molecule has 0 aliphatic carbocycles. The first kappa shape index (κ1) is 16.1. The minimum Gasteiger partial charge on any atom is -0.481 e. The summed E-state index contributed by atoms with van der Waals surface area (Å²) in [6, 6.07) is 13.3. The number of hydrogen-bond donors (Lipinski definition) is 0. The lowest BCUT2D eigenvalue weighted by Crippen LogP contribution is -2.53. The molecule has 3 heterocycles. The number of pyridine rings is 1. The summed E-state index contributed by atoms with van der Waals surface area (Å²) in [6.07, 6.45) is 3.01. The Kier molecular flexibility index (Phi) is 4.17. The zero-order chi connectivity index (χ0) is 17.3. The molecule has 2 aliphatic heterocycles. The number of ether oxygens (including phenoxy) is 2. The lowest BCUT2D eigenvalue weighted by Gasteiger charge is -2.47. The Labute approximate surface area is 147 Å². The van der Waals surface area contributed by atoms with Gasteiger partial charge in [-0.05, 0) is 37.5 Å². The van der Waals surface area contributed by atoms with Gasteiger partial charge in [0, 0.05) is 30.3 Å². The molecule has 0 atom stereocenters. The first-order valence-electron chi connectivity index (χ1n) is 8.74. The number of nitrogens with zero attached hydrogens (tertiary/aromatic N) is 2. The Hall–Kier alpha value is -2.40. The van der Waals surface area contributed by atoms with Crippen LogP contribution in [0.15, 0.2) is 42.5 Å². The Morgan fingerprint density at radius 3 is 2.60 bits per heavy atom. The monoisotopic (exact) mass is 338 g/mol. The van der Waals surface area contributed by atoms with Gasteiger partial charge >= 0.3 is 0 Å². The second-order valence-electron chi connectivity index (χ2n) is 6.72. The molecule has 5 nitrogen and oxygen atoms in total. The third-order valence-corrected chi connectivity index (χ3v) is 5.27. The molecule has 1 aromatic carbocycles. The topological polar surface area (TPSA) is 51.7 Å². The van der Waals surface area contributed by atoms with Crippen molar-refractivity contribution in [3.05, 3.63) is 48.0 Å². The van der Waals surface area contributed by atoms with Crippen LogP contribution < -0.4 is 4.74 Å². The number of aromatic nitrogens is 1. The molecule has 130 valence electrons. The van der Waals surface area contributed by atoms with Crippen LogP contribution >= 0.6 is 0 Å². The zero-order valence-electron chi connectivity index (χ0n) is 14.4. The number of piperidine rings is 1. The number of amides is 1. The van der Waals surface area contributed by atoms with Crippen LogP contribution in [0.3, 0.4) is 0 Å². The van der Waals surface area contributed by atoms with Crippen molar-refractivity contribution in [2.24, 2.45) is 0 Å². The Morgan fingerprint density at radius 1 is 1.16 bits per heavy atom. The zero-order valence-corrected chi connectivity index (χ0v) is 14.4. The van der Waals surface area contributed by atoms with Crippen molar-refractivity contribution in [3.63, 3.8) is 0 Å². The highest BCUT2D eigenvalue weighted by atomic mass is 16.5. The molecule has 0 saturated carbocycles. The molecule has 0 N–H and O–H groups in total. The molecule has 2 saturated heterocycles. The fraction of sp³-hybridized carbons (Fsp3) is 0.400. The Balaban J connectivity index is 1.51. The Morgan fingerprint density at radius 2 is 1.92 bits per heavy atom. The molecule has 1 aromatic heterocycles. The Bertz CT molecular complexity index is 776. The van der Waals surface area contributed by atoms with E-state index in [4.69, 9.17) is 9.47 Å². The molecule has 1 amide bonds. The van der Waals surface area contributed by atoms with Crippen LogP contribution in [-0.4, -0.2) is 48.2 Å². The van der Waals surface area contributed by atoms with Crippen molar-refractivity contribution >= 4 is 5.91 Å². The average Bonchev–Trinajstić information content (AvgIpc) is 2.66. The van der Waals surface area contributed by atoms with Crippen molar-refractivity contribution in [1.29, 1.82) is 0 Å². The highest BCUT2D eigenvalue weighted by Crippen LogP contribution is 2.37. The first-order valence-corrected chi connectivity index (χ1v) is 8.74. The molecular weight excluding hydrogens is 316 g/mol. The van der Waals surface area contributed by atoms with Gasteiger partial charge < -0.3 is 14.4 Å². The van der Waals surface area contributed by atoms with E-state index in [1.165, 1.54) is 0 Å². The number of carbonyl (C=O) groups excluding carboxylic acids is 1. The molecule has 0 radical (unpaired) electrons. The number of carbonyl (C=O) groups is 1. The van der Waals surface area contributed by atoms with E-state index in [-0.39, 0.29) is 11.5 Å². The summed E-state index contributed by atoms with van der Waals surface area (Å²) in [5.41, 5.74) is 2.48. The highest BCUT2D eigenvalue weighted by molar-refractivity contribution is 5.95. The van der Waals surface area contributed by atoms with E-state index in [1.807, 2.05) is 47.4 Å². The number of hydrogen-bond acceptors (Lipinski definition) is 4. The van der Waals surface area contributed by atoms with Crippen LogP contribution in [0.1, 0.15) is 29.6 Å². The molecule has 2 aliphatic rings. The van der Waals surface area contributed by atoms with Gasteiger partial charge in [-0.15, -0.1) is 0 Å². The maximum atomic E-state index is 12.9. The number of rotatable bonds is 3. The first-order chi connectivity index (χ1) is 12.2. The summed E-state index contributed by atoms with van der Waals surface area (Å²) in [4.78, 5) is 19.2. The van der Waals surface area contributed by atoms with E-state index in [1.54, 1.807) is 7.11 Å². The largest absolute Gasteiger partial charge is 0.481 e. The second-order valence-corrected chi connectivity index (χ2v) is 6.72.